The van der Waals surface area contributed by atoms with E-state index in [0.717, 1.165) is 4.57 Å². The highest BCUT2D eigenvalue weighted by Gasteiger charge is 2.21. The Labute approximate surface area is 91.4 Å². The lowest BCUT2D eigenvalue weighted by molar-refractivity contribution is 0.0544. The van der Waals surface area contributed by atoms with Crippen molar-refractivity contribution < 1.29 is 19.1 Å². The molecule has 1 rings (SSSR count). The van der Waals surface area contributed by atoms with Crippen molar-refractivity contribution in [2.24, 2.45) is 7.05 Å². The molecule has 0 amide bonds. The van der Waals surface area contributed by atoms with Crippen molar-refractivity contribution >= 4 is 11.9 Å². The summed E-state index contributed by atoms with van der Waals surface area (Å²) in [4.78, 5) is 34.1. The van der Waals surface area contributed by atoms with Crippen molar-refractivity contribution in [2.75, 3.05) is 14.2 Å². The van der Waals surface area contributed by atoms with Gasteiger partial charge in [-0.05, 0) is 6.07 Å². The van der Waals surface area contributed by atoms with Gasteiger partial charge < -0.3 is 14.0 Å². The van der Waals surface area contributed by atoms with Crippen LogP contribution in [-0.4, -0.2) is 30.7 Å². The average molecular weight is 225 g/mol. The van der Waals surface area contributed by atoms with Crippen LogP contribution in [0.1, 0.15) is 20.8 Å². The summed E-state index contributed by atoms with van der Waals surface area (Å²) in [5, 5.41) is 0. The van der Waals surface area contributed by atoms with E-state index in [1.165, 1.54) is 33.4 Å². The SMILES string of the molecule is COC(=O)c1ccc(=O)n(C)c1C(=O)OC. The summed E-state index contributed by atoms with van der Waals surface area (Å²) in [6.07, 6.45) is 0. The molecule has 0 N–H and O–H groups in total. The summed E-state index contributed by atoms with van der Waals surface area (Å²) in [5.41, 5.74) is -0.536. The summed E-state index contributed by atoms with van der Waals surface area (Å²) in [5.74, 6) is -1.46. The highest BCUT2D eigenvalue weighted by atomic mass is 16.5. The Balaban J connectivity index is 3.51. The molecule has 0 fully saturated rings. The normalized spacial score (nSPS) is 9.69. The Kier molecular flexibility index (Phi) is 3.44. The quantitative estimate of drug-likeness (QED) is 0.660. The molecule has 1 heterocycles. The molecule has 6 nitrogen and oxygen atoms in total. The van der Waals surface area contributed by atoms with Crippen LogP contribution in [0, 0.1) is 0 Å². The Morgan fingerprint density at radius 3 is 2.19 bits per heavy atom. The summed E-state index contributed by atoms with van der Waals surface area (Å²) in [6, 6.07) is 2.42. The van der Waals surface area contributed by atoms with Gasteiger partial charge in [0.05, 0.1) is 19.8 Å². The van der Waals surface area contributed by atoms with Gasteiger partial charge in [-0.25, -0.2) is 9.59 Å². The van der Waals surface area contributed by atoms with Gasteiger partial charge >= 0.3 is 11.9 Å². The lowest BCUT2D eigenvalue weighted by Crippen LogP contribution is -2.26. The minimum atomic E-state index is -0.763. The largest absolute Gasteiger partial charge is 0.465 e. The predicted octanol–water partition coefficient (Wildman–Crippen LogP) is -0.0415. The lowest BCUT2D eigenvalue weighted by atomic mass is 10.2. The zero-order valence-electron chi connectivity index (χ0n) is 9.14. The molecule has 1 aromatic rings. The number of hydrogen-bond acceptors (Lipinski definition) is 5. The molecule has 0 aliphatic rings. The van der Waals surface area contributed by atoms with Crippen LogP contribution >= 0.6 is 0 Å². The molecule has 0 spiro atoms. The Morgan fingerprint density at radius 2 is 1.69 bits per heavy atom. The van der Waals surface area contributed by atoms with Crippen LogP contribution in [-0.2, 0) is 16.5 Å². The van der Waals surface area contributed by atoms with Gasteiger partial charge in [0.25, 0.3) is 5.56 Å². The van der Waals surface area contributed by atoms with Gasteiger partial charge in [-0.2, -0.15) is 0 Å². The van der Waals surface area contributed by atoms with E-state index >= 15 is 0 Å². The molecule has 16 heavy (non-hydrogen) atoms. The van der Waals surface area contributed by atoms with Gasteiger partial charge in [0.15, 0.2) is 0 Å². The van der Waals surface area contributed by atoms with E-state index in [4.69, 9.17) is 0 Å². The van der Waals surface area contributed by atoms with Crippen LogP contribution in [0.15, 0.2) is 16.9 Å². The second-order valence-electron chi connectivity index (χ2n) is 2.98. The number of carbonyl (C=O) groups excluding carboxylic acids is 2. The summed E-state index contributed by atoms with van der Waals surface area (Å²) in [6.45, 7) is 0. The Hall–Kier alpha value is -2.11. The molecule has 0 aromatic carbocycles. The highest BCUT2D eigenvalue weighted by molar-refractivity contribution is 6.01. The maximum absolute atomic E-state index is 11.4. The second kappa shape index (κ2) is 4.61. The van der Waals surface area contributed by atoms with E-state index in [9.17, 15) is 14.4 Å². The van der Waals surface area contributed by atoms with Crippen molar-refractivity contribution in [3.8, 4) is 0 Å². The van der Waals surface area contributed by atoms with E-state index < -0.39 is 17.5 Å². The highest BCUT2D eigenvalue weighted by Crippen LogP contribution is 2.08. The number of rotatable bonds is 2. The van der Waals surface area contributed by atoms with E-state index in [2.05, 4.69) is 9.47 Å². The maximum atomic E-state index is 11.4. The van der Waals surface area contributed by atoms with Gasteiger partial charge in [0, 0.05) is 13.1 Å². The van der Waals surface area contributed by atoms with Gasteiger partial charge in [-0.3, -0.25) is 4.79 Å². The molecule has 0 aliphatic heterocycles. The van der Waals surface area contributed by atoms with Crippen LogP contribution in [0.5, 0.6) is 0 Å². The zero-order valence-corrected chi connectivity index (χ0v) is 9.14. The third-order valence-corrected chi connectivity index (χ3v) is 2.10. The fourth-order valence-electron chi connectivity index (χ4n) is 1.25. The minimum Gasteiger partial charge on any atom is -0.465 e. The lowest BCUT2D eigenvalue weighted by Gasteiger charge is -2.09. The van der Waals surface area contributed by atoms with Crippen LogP contribution in [0.2, 0.25) is 0 Å². The maximum Gasteiger partial charge on any atom is 0.355 e. The Bertz CT molecular complexity index is 488. The average Bonchev–Trinajstić information content (AvgIpc) is 2.30. The molecule has 1 aromatic heterocycles. The first kappa shape index (κ1) is 12.0. The summed E-state index contributed by atoms with van der Waals surface area (Å²) < 4.78 is 10.0. The van der Waals surface area contributed by atoms with Crippen molar-refractivity contribution in [1.29, 1.82) is 0 Å². The number of ether oxygens (including phenoxy) is 2. The summed E-state index contributed by atoms with van der Waals surface area (Å²) in [7, 11) is 3.73. The van der Waals surface area contributed by atoms with E-state index in [-0.39, 0.29) is 11.3 Å². The first-order valence-corrected chi connectivity index (χ1v) is 4.39. The molecule has 0 unspecified atom stereocenters. The zero-order chi connectivity index (χ0) is 12.3. The van der Waals surface area contributed by atoms with Crippen LogP contribution < -0.4 is 5.56 Å². The third-order valence-electron chi connectivity index (χ3n) is 2.10. The van der Waals surface area contributed by atoms with Crippen LogP contribution in [0.25, 0.3) is 0 Å². The number of nitrogens with zero attached hydrogens (tertiary/aromatic N) is 1. The standard InChI is InChI=1S/C10H11NO5/c1-11-7(12)5-4-6(9(13)15-2)8(11)10(14)16-3/h4-5H,1-3H3. The van der Waals surface area contributed by atoms with E-state index in [0.29, 0.717) is 0 Å². The Morgan fingerprint density at radius 1 is 1.12 bits per heavy atom. The van der Waals surface area contributed by atoms with Gasteiger partial charge in [0.2, 0.25) is 0 Å². The summed E-state index contributed by atoms with van der Waals surface area (Å²) >= 11 is 0. The van der Waals surface area contributed by atoms with Crippen LogP contribution in [0.4, 0.5) is 0 Å². The number of carbonyl (C=O) groups is 2. The third kappa shape index (κ3) is 1.95. The molecular weight excluding hydrogens is 214 g/mol. The topological polar surface area (TPSA) is 74.6 Å². The molecule has 0 bridgehead atoms. The van der Waals surface area contributed by atoms with Crippen LogP contribution in [0.3, 0.4) is 0 Å². The number of methoxy groups -OCH3 is 2. The minimum absolute atomic E-state index is 0.00329. The van der Waals surface area contributed by atoms with Crippen molar-refractivity contribution in [1.82, 2.24) is 4.57 Å². The molecular formula is C10H11NO5. The van der Waals surface area contributed by atoms with Crippen molar-refractivity contribution in [3.63, 3.8) is 0 Å². The first-order valence-electron chi connectivity index (χ1n) is 4.39. The smallest absolute Gasteiger partial charge is 0.355 e. The molecule has 0 saturated carbocycles. The fourth-order valence-corrected chi connectivity index (χ4v) is 1.25. The number of aromatic nitrogens is 1. The molecule has 86 valence electrons. The predicted molar refractivity (Wildman–Crippen MR) is 54.4 cm³/mol. The van der Waals surface area contributed by atoms with Gasteiger partial charge in [-0.1, -0.05) is 0 Å². The number of pyridine rings is 1. The number of hydrogen-bond donors (Lipinski definition) is 0. The monoisotopic (exact) mass is 225 g/mol. The fraction of sp³-hybridized carbons (Fsp3) is 0.300. The molecule has 0 aliphatic carbocycles. The molecule has 6 heteroatoms. The van der Waals surface area contributed by atoms with E-state index in [1.807, 2.05) is 0 Å². The molecule has 0 radical (unpaired) electrons. The van der Waals surface area contributed by atoms with Crippen molar-refractivity contribution in [2.45, 2.75) is 0 Å². The molecule has 0 atom stereocenters. The van der Waals surface area contributed by atoms with E-state index in [1.54, 1.807) is 0 Å². The van der Waals surface area contributed by atoms with Gasteiger partial charge in [-0.15, -0.1) is 0 Å². The van der Waals surface area contributed by atoms with Gasteiger partial charge in [0.1, 0.15) is 5.69 Å². The number of esters is 2. The molecule has 0 saturated heterocycles. The first-order chi connectivity index (χ1) is 7.52. The van der Waals surface area contributed by atoms with Crippen molar-refractivity contribution in [3.05, 3.63) is 33.7 Å². The second-order valence-corrected chi connectivity index (χ2v) is 2.98.